The molecule has 0 aliphatic heterocycles. The Labute approximate surface area is 92.5 Å². The second kappa shape index (κ2) is 4.35. The lowest BCUT2D eigenvalue weighted by Gasteiger charge is -2.07. The highest BCUT2D eigenvalue weighted by atomic mass is 35.5. The van der Waals surface area contributed by atoms with Gasteiger partial charge < -0.3 is 0 Å². The Hall–Kier alpha value is -0.490. The fourth-order valence-corrected chi connectivity index (χ4v) is 2.32. The van der Waals surface area contributed by atoms with E-state index >= 15 is 0 Å². The molecule has 0 aliphatic carbocycles. The van der Waals surface area contributed by atoms with Crippen LogP contribution >= 0.6 is 23.8 Å². The summed E-state index contributed by atoms with van der Waals surface area (Å²) in [6, 6.07) is 6.08. The van der Waals surface area contributed by atoms with Crippen molar-refractivity contribution in [2.45, 2.75) is 5.25 Å². The molecule has 0 aliphatic rings. The van der Waals surface area contributed by atoms with E-state index in [9.17, 15) is 8.42 Å². The van der Waals surface area contributed by atoms with Gasteiger partial charge in [0.25, 0.3) is 10.1 Å². The van der Waals surface area contributed by atoms with Crippen LogP contribution in [0.15, 0.2) is 24.3 Å². The van der Waals surface area contributed by atoms with E-state index in [0.29, 0.717) is 10.6 Å². The van der Waals surface area contributed by atoms with E-state index in [0.717, 1.165) is 5.37 Å². The van der Waals surface area contributed by atoms with Crippen molar-refractivity contribution in [3.63, 3.8) is 0 Å². The van der Waals surface area contributed by atoms with Crippen molar-refractivity contribution in [3.8, 4) is 0 Å². The van der Waals surface area contributed by atoms with E-state index in [1.54, 1.807) is 0 Å². The summed E-state index contributed by atoms with van der Waals surface area (Å²) in [6.07, 6.45) is 0. The summed E-state index contributed by atoms with van der Waals surface area (Å²) in [4.78, 5) is 0. The summed E-state index contributed by atoms with van der Waals surface area (Å²) < 4.78 is 30.6. The smallest absolute Gasteiger partial charge is 0.276 e. The molecule has 0 saturated carbocycles. The lowest BCUT2D eigenvalue weighted by atomic mass is 10.2. The van der Waals surface area contributed by atoms with Crippen molar-refractivity contribution < 1.29 is 13.0 Å². The first-order chi connectivity index (χ1) is 6.45. The molecule has 0 radical (unpaired) electrons. The van der Waals surface area contributed by atoms with Gasteiger partial charge in [0.05, 0.1) is 0 Å². The summed E-state index contributed by atoms with van der Waals surface area (Å²) in [5.74, 6) is 0. The topological polar surface area (TPSA) is 54.4 Å². The zero-order valence-corrected chi connectivity index (χ0v) is 9.31. The number of hydrogen-bond donors (Lipinski definition) is 1. The fourth-order valence-electron chi connectivity index (χ4n) is 0.973. The molecule has 1 N–H and O–H groups in total. The highest BCUT2D eigenvalue weighted by molar-refractivity contribution is 7.89. The number of hydrogen-bond acceptors (Lipinski definition) is 3. The van der Waals surface area contributed by atoms with Gasteiger partial charge >= 0.3 is 0 Å². The molecule has 0 amide bonds. The van der Waals surface area contributed by atoms with Crippen molar-refractivity contribution in [3.05, 3.63) is 34.9 Å². The Morgan fingerprint density at radius 3 is 2.21 bits per heavy atom. The van der Waals surface area contributed by atoms with Crippen molar-refractivity contribution in [2.75, 3.05) is 0 Å². The highest BCUT2D eigenvalue weighted by Crippen LogP contribution is 2.21. The van der Waals surface area contributed by atoms with Crippen molar-refractivity contribution >= 4 is 39.3 Å². The van der Waals surface area contributed by atoms with Crippen molar-refractivity contribution in [1.29, 1.82) is 0 Å². The lowest BCUT2D eigenvalue weighted by molar-refractivity contribution is 0.479. The second-order valence-corrected chi connectivity index (χ2v) is 4.87. The minimum Gasteiger partial charge on any atom is -0.285 e. The molecule has 0 saturated heterocycles. The van der Waals surface area contributed by atoms with Gasteiger partial charge in [0.15, 0.2) is 0 Å². The predicted octanol–water partition coefficient (Wildman–Crippen LogP) is 2.27. The molecule has 1 rings (SSSR count). The maximum absolute atomic E-state index is 10.9. The molecule has 0 heterocycles. The standard InChI is InChI=1S/C8H7ClO3S2/c9-7-3-1-6(2-4-7)8(5-13)14(10,11)12/h1-5,8H,(H,10,11,12). The summed E-state index contributed by atoms with van der Waals surface area (Å²) >= 11 is 10.2. The Morgan fingerprint density at radius 2 is 1.86 bits per heavy atom. The zero-order chi connectivity index (χ0) is 10.8. The number of thiocarbonyl (C=S) groups is 1. The van der Waals surface area contributed by atoms with Crippen LogP contribution in [-0.4, -0.2) is 18.3 Å². The van der Waals surface area contributed by atoms with Crippen LogP contribution in [-0.2, 0) is 10.1 Å². The molecule has 0 aromatic heterocycles. The monoisotopic (exact) mass is 250 g/mol. The molecule has 3 nitrogen and oxygen atoms in total. The fraction of sp³-hybridized carbons (Fsp3) is 0.125. The molecule has 76 valence electrons. The first kappa shape index (κ1) is 11.6. The van der Waals surface area contributed by atoms with Gasteiger partial charge in [-0.1, -0.05) is 36.0 Å². The Bertz CT molecular complexity index is 424. The van der Waals surface area contributed by atoms with Crippen LogP contribution in [0, 0.1) is 0 Å². The third kappa shape index (κ3) is 2.75. The average Bonchev–Trinajstić information content (AvgIpc) is 2.07. The lowest BCUT2D eigenvalue weighted by Crippen LogP contribution is -2.12. The predicted molar refractivity (Wildman–Crippen MR) is 59.4 cm³/mol. The summed E-state index contributed by atoms with van der Waals surface area (Å²) in [5.41, 5.74) is 0.395. The third-order valence-corrected chi connectivity index (χ3v) is 3.39. The average molecular weight is 251 g/mol. The maximum Gasteiger partial charge on any atom is 0.276 e. The van der Waals surface area contributed by atoms with E-state index < -0.39 is 15.4 Å². The molecule has 14 heavy (non-hydrogen) atoms. The van der Waals surface area contributed by atoms with Crippen LogP contribution < -0.4 is 0 Å². The van der Waals surface area contributed by atoms with Gasteiger partial charge in [-0.2, -0.15) is 8.42 Å². The molecule has 1 unspecified atom stereocenters. The molecule has 0 spiro atoms. The van der Waals surface area contributed by atoms with Crippen LogP contribution in [0.25, 0.3) is 0 Å². The van der Waals surface area contributed by atoms with Crippen LogP contribution in [0.3, 0.4) is 0 Å². The maximum atomic E-state index is 10.9. The molecule has 1 aromatic rings. The van der Waals surface area contributed by atoms with E-state index in [1.807, 2.05) is 0 Å². The second-order valence-electron chi connectivity index (χ2n) is 2.62. The number of benzene rings is 1. The summed E-state index contributed by atoms with van der Waals surface area (Å²) in [6.45, 7) is 0. The minimum atomic E-state index is -4.18. The minimum absolute atomic E-state index is 0.395. The van der Waals surface area contributed by atoms with Crippen LogP contribution in [0.2, 0.25) is 5.02 Å². The third-order valence-electron chi connectivity index (χ3n) is 1.64. The molecule has 1 aromatic carbocycles. The van der Waals surface area contributed by atoms with Gasteiger partial charge in [-0.15, -0.1) is 0 Å². The first-order valence-electron chi connectivity index (χ1n) is 3.62. The SMILES string of the molecule is O=S(=O)(O)C(C=S)c1ccc(Cl)cc1. The summed E-state index contributed by atoms with van der Waals surface area (Å²) in [5, 5.41) is 0.320. The highest BCUT2D eigenvalue weighted by Gasteiger charge is 2.21. The Morgan fingerprint density at radius 1 is 1.36 bits per heavy atom. The molecule has 0 fully saturated rings. The van der Waals surface area contributed by atoms with Crippen molar-refractivity contribution in [1.82, 2.24) is 0 Å². The number of halogens is 1. The van der Waals surface area contributed by atoms with Gasteiger partial charge in [-0.25, -0.2) is 0 Å². The largest absolute Gasteiger partial charge is 0.285 e. The molecule has 1 atom stereocenters. The van der Waals surface area contributed by atoms with Gasteiger partial charge in [0.2, 0.25) is 0 Å². The molecular formula is C8H7ClO3S2. The van der Waals surface area contributed by atoms with Crippen LogP contribution in [0.1, 0.15) is 10.8 Å². The molecule has 0 bridgehead atoms. The Kier molecular flexibility index (Phi) is 3.60. The van der Waals surface area contributed by atoms with Gasteiger partial charge in [-0.05, 0) is 17.7 Å². The van der Waals surface area contributed by atoms with E-state index in [4.69, 9.17) is 16.2 Å². The zero-order valence-electron chi connectivity index (χ0n) is 6.92. The molecule has 6 heteroatoms. The quantitative estimate of drug-likeness (QED) is 0.661. The van der Waals surface area contributed by atoms with Crippen molar-refractivity contribution in [2.24, 2.45) is 0 Å². The van der Waals surface area contributed by atoms with Gasteiger partial charge in [-0.3, -0.25) is 4.55 Å². The van der Waals surface area contributed by atoms with E-state index in [1.165, 1.54) is 24.3 Å². The Balaban J connectivity index is 3.15. The molecular weight excluding hydrogens is 244 g/mol. The van der Waals surface area contributed by atoms with Crippen LogP contribution in [0.4, 0.5) is 0 Å². The van der Waals surface area contributed by atoms with E-state index in [-0.39, 0.29) is 0 Å². The summed E-state index contributed by atoms with van der Waals surface area (Å²) in [7, 11) is -4.18. The van der Waals surface area contributed by atoms with E-state index in [2.05, 4.69) is 12.2 Å². The van der Waals surface area contributed by atoms with Gasteiger partial charge in [0.1, 0.15) is 5.25 Å². The first-order valence-corrected chi connectivity index (χ1v) is 5.97. The normalized spacial score (nSPS) is 13.6. The number of rotatable bonds is 3. The van der Waals surface area contributed by atoms with Crippen LogP contribution in [0.5, 0.6) is 0 Å². The van der Waals surface area contributed by atoms with Gasteiger partial charge in [0, 0.05) is 10.4 Å².